The number of ketones is 1. The average Bonchev–Trinajstić information content (AvgIpc) is 2.96. The molecule has 2 aliphatic heterocycles. The van der Waals surface area contributed by atoms with Crippen LogP contribution in [0.1, 0.15) is 27.6 Å². The lowest BCUT2D eigenvalue weighted by atomic mass is 9.88. The Balaban J connectivity index is 1.79. The predicted molar refractivity (Wildman–Crippen MR) is 138 cm³/mol. The highest BCUT2D eigenvalue weighted by Crippen LogP contribution is 2.47. The summed E-state index contributed by atoms with van der Waals surface area (Å²) in [5.41, 5.74) is -0.842. The number of benzene rings is 2. The summed E-state index contributed by atoms with van der Waals surface area (Å²) in [5, 5.41) is 112. The van der Waals surface area contributed by atoms with Gasteiger partial charge in [-0.1, -0.05) is 18.2 Å². The smallest absolute Gasteiger partial charge is 0.229 e. The molecule has 230 valence electrons. The van der Waals surface area contributed by atoms with E-state index >= 15 is 0 Å². The number of aliphatic hydroxyl groups excluding tert-OH is 8. The van der Waals surface area contributed by atoms with E-state index < -0.39 is 109 Å². The van der Waals surface area contributed by atoms with Crippen LogP contribution in [0.25, 0.3) is 6.08 Å². The van der Waals surface area contributed by atoms with E-state index in [1.807, 2.05) is 0 Å². The molecule has 0 unspecified atom stereocenters. The number of carbonyl (C=O) groups excluding carboxylic acids is 1. The minimum atomic E-state index is -1.95. The van der Waals surface area contributed by atoms with Gasteiger partial charge >= 0.3 is 0 Å². The van der Waals surface area contributed by atoms with E-state index in [-0.39, 0.29) is 5.75 Å². The molecule has 2 heterocycles. The Morgan fingerprint density at radius 3 is 1.95 bits per heavy atom. The van der Waals surface area contributed by atoms with Crippen LogP contribution in [0.15, 0.2) is 36.4 Å². The lowest BCUT2D eigenvalue weighted by molar-refractivity contribution is -0.277. The van der Waals surface area contributed by atoms with Gasteiger partial charge in [0.25, 0.3) is 0 Å². The van der Waals surface area contributed by atoms with Gasteiger partial charge in [0, 0.05) is 6.07 Å². The maximum atomic E-state index is 13.4. The Morgan fingerprint density at radius 2 is 1.36 bits per heavy atom. The monoisotopic (exact) mass is 596 g/mol. The molecule has 0 amide bonds. The maximum Gasteiger partial charge on any atom is 0.229 e. The van der Waals surface area contributed by atoms with Crippen molar-refractivity contribution in [1.82, 2.24) is 0 Å². The molecule has 2 saturated heterocycles. The molecule has 2 aromatic carbocycles. The van der Waals surface area contributed by atoms with Crippen LogP contribution >= 0.6 is 0 Å². The Kier molecular flexibility index (Phi) is 9.69. The molecule has 42 heavy (non-hydrogen) atoms. The molecule has 2 fully saturated rings. The molecule has 0 saturated carbocycles. The Labute approximate surface area is 238 Å². The average molecular weight is 597 g/mol. The summed E-state index contributed by atoms with van der Waals surface area (Å²) in [5.74, 6) is -3.47. The number of aliphatic hydroxyl groups is 8. The molecule has 11 N–H and O–H groups in total. The number of phenols is 3. The fourth-order valence-corrected chi connectivity index (χ4v) is 4.73. The largest absolute Gasteiger partial charge is 0.508 e. The van der Waals surface area contributed by atoms with E-state index in [0.717, 1.165) is 12.1 Å². The van der Waals surface area contributed by atoms with E-state index in [4.69, 9.17) is 14.2 Å². The third kappa shape index (κ3) is 6.06. The molecule has 2 aromatic rings. The topological polar surface area (TPSA) is 267 Å². The van der Waals surface area contributed by atoms with Gasteiger partial charge in [-0.05, 0) is 23.8 Å². The molecule has 0 radical (unpaired) electrons. The summed E-state index contributed by atoms with van der Waals surface area (Å²) in [6, 6.07) is 6.45. The first-order chi connectivity index (χ1) is 19.9. The number of rotatable bonds is 8. The molecule has 0 aromatic heterocycles. The Bertz CT molecular complexity index is 1280. The fraction of sp³-hybridized carbons (Fsp3) is 0.444. The number of hydrogen-bond donors (Lipinski definition) is 11. The summed E-state index contributed by atoms with van der Waals surface area (Å²) >= 11 is 0. The molecule has 10 atom stereocenters. The highest BCUT2D eigenvalue weighted by atomic mass is 16.7. The van der Waals surface area contributed by atoms with Crippen LogP contribution in [0, 0.1) is 0 Å². The van der Waals surface area contributed by atoms with Gasteiger partial charge in [-0.15, -0.1) is 0 Å². The summed E-state index contributed by atoms with van der Waals surface area (Å²) in [4.78, 5) is 13.4. The maximum absolute atomic E-state index is 13.4. The SMILES string of the molecule is O=C(/C=C/c1ccc(O)cc1)c1c(O[C@@H]2O[C@H](CO)[C@@H](O)[C@H](O)[C@H]2O)cc(O)c([C@@H]2O[C@H](CO)[C@@H](O)[C@H](O)[C@H]2O)c1O. The summed E-state index contributed by atoms with van der Waals surface area (Å²) in [6.07, 6.45) is -15.2. The van der Waals surface area contributed by atoms with Crippen molar-refractivity contribution >= 4 is 11.9 Å². The quantitative estimate of drug-likeness (QED) is 0.110. The Morgan fingerprint density at radius 1 is 0.786 bits per heavy atom. The molecule has 4 rings (SSSR count). The van der Waals surface area contributed by atoms with Crippen LogP contribution in [0.5, 0.6) is 23.0 Å². The number of allylic oxidation sites excluding steroid dienone is 1. The van der Waals surface area contributed by atoms with Crippen molar-refractivity contribution in [3.63, 3.8) is 0 Å². The van der Waals surface area contributed by atoms with Crippen molar-refractivity contribution < 1.29 is 75.2 Å². The van der Waals surface area contributed by atoms with E-state index in [1.54, 1.807) is 0 Å². The van der Waals surface area contributed by atoms with Crippen molar-refractivity contribution in [2.24, 2.45) is 0 Å². The van der Waals surface area contributed by atoms with Gasteiger partial charge in [-0.25, -0.2) is 0 Å². The normalized spacial score (nSPS) is 33.5. The van der Waals surface area contributed by atoms with Crippen LogP contribution in [-0.4, -0.2) is 130 Å². The molecule has 0 aliphatic carbocycles. The zero-order valence-corrected chi connectivity index (χ0v) is 21.8. The standard InChI is InChI=1S/C27H32O15/c28-8-15-19(33)22(36)24(38)26(40-15)18-13(32)7-14(41-27-25(39)23(37)20(34)16(9-29)42-27)17(21(18)35)12(31)6-3-10-1-4-11(30)5-2-10/h1-7,15-16,19-20,22-30,32-39H,8-9H2/b6-3+/t15-,16-,19-,20-,22+,23+,24-,25-,26+,27-/m1/s1. The van der Waals surface area contributed by atoms with Gasteiger partial charge < -0.3 is 70.4 Å². The van der Waals surface area contributed by atoms with E-state index in [0.29, 0.717) is 5.56 Å². The van der Waals surface area contributed by atoms with Gasteiger partial charge in [-0.3, -0.25) is 4.79 Å². The lowest BCUT2D eigenvalue weighted by Crippen LogP contribution is -2.60. The predicted octanol–water partition coefficient (Wildman–Crippen LogP) is -2.61. The van der Waals surface area contributed by atoms with Gasteiger partial charge in [0.1, 0.15) is 83.5 Å². The van der Waals surface area contributed by atoms with Crippen molar-refractivity contribution in [3.05, 3.63) is 53.1 Å². The number of aromatic hydroxyl groups is 3. The van der Waals surface area contributed by atoms with Crippen molar-refractivity contribution in [2.75, 3.05) is 13.2 Å². The number of phenolic OH excluding ortho intramolecular Hbond substituents is 3. The van der Waals surface area contributed by atoms with E-state index in [1.165, 1.54) is 30.3 Å². The first kappa shape index (κ1) is 31.6. The summed E-state index contributed by atoms with van der Waals surface area (Å²) in [7, 11) is 0. The minimum Gasteiger partial charge on any atom is -0.508 e. The lowest BCUT2D eigenvalue weighted by Gasteiger charge is -2.41. The molecular weight excluding hydrogens is 564 g/mol. The highest BCUT2D eigenvalue weighted by Gasteiger charge is 2.48. The minimum absolute atomic E-state index is 0.0333. The molecule has 0 bridgehead atoms. The first-order valence-electron chi connectivity index (χ1n) is 12.8. The first-order valence-corrected chi connectivity index (χ1v) is 12.8. The van der Waals surface area contributed by atoms with E-state index in [9.17, 15) is 61.0 Å². The van der Waals surface area contributed by atoms with Crippen LogP contribution in [0.3, 0.4) is 0 Å². The van der Waals surface area contributed by atoms with E-state index in [2.05, 4.69) is 0 Å². The van der Waals surface area contributed by atoms with Gasteiger partial charge in [0.05, 0.1) is 18.8 Å². The molecule has 2 aliphatic rings. The third-order valence-electron chi connectivity index (χ3n) is 7.12. The second-order valence-electron chi connectivity index (χ2n) is 9.88. The zero-order chi connectivity index (χ0) is 30.9. The van der Waals surface area contributed by atoms with Crippen molar-refractivity contribution in [1.29, 1.82) is 0 Å². The van der Waals surface area contributed by atoms with Crippen LogP contribution < -0.4 is 4.74 Å². The molecular formula is C27H32O15. The number of ether oxygens (including phenoxy) is 3. The van der Waals surface area contributed by atoms with Crippen LogP contribution in [-0.2, 0) is 9.47 Å². The second-order valence-corrected chi connectivity index (χ2v) is 9.88. The Hall–Kier alpha value is -3.35. The third-order valence-corrected chi connectivity index (χ3v) is 7.12. The summed E-state index contributed by atoms with van der Waals surface area (Å²) in [6.45, 7) is -1.61. The fourth-order valence-electron chi connectivity index (χ4n) is 4.73. The van der Waals surface area contributed by atoms with Gasteiger partial charge in [0.15, 0.2) is 5.78 Å². The van der Waals surface area contributed by atoms with Crippen LogP contribution in [0.2, 0.25) is 0 Å². The van der Waals surface area contributed by atoms with Crippen molar-refractivity contribution in [3.8, 4) is 23.0 Å². The number of hydrogen-bond acceptors (Lipinski definition) is 15. The van der Waals surface area contributed by atoms with Crippen molar-refractivity contribution in [2.45, 2.75) is 61.2 Å². The zero-order valence-electron chi connectivity index (χ0n) is 21.8. The van der Waals surface area contributed by atoms with Crippen LogP contribution in [0.4, 0.5) is 0 Å². The second kappa shape index (κ2) is 12.9. The highest BCUT2D eigenvalue weighted by molar-refractivity contribution is 6.11. The number of carbonyl (C=O) groups is 1. The van der Waals surface area contributed by atoms with Gasteiger partial charge in [-0.2, -0.15) is 0 Å². The molecule has 15 nitrogen and oxygen atoms in total. The van der Waals surface area contributed by atoms with Gasteiger partial charge in [0.2, 0.25) is 6.29 Å². The molecule has 0 spiro atoms. The molecule has 15 heteroatoms. The summed E-state index contributed by atoms with van der Waals surface area (Å²) < 4.78 is 16.3.